The maximum absolute atomic E-state index is 12.6. The van der Waals surface area contributed by atoms with E-state index < -0.39 is 5.91 Å². The Kier molecular flexibility index (Phi) is 3.96. The summed E-state index contributed by atoms with van der Waals surface area (Å²) in [5, 5.41) is 15.6. The first-order valence-electron chi connectivity index (χ1n) is 8.72. The molecule has 0 saturated carbocycles. The van der Waals surface area contributed by atoms with Gasteiger partial charge in [-0.1, -0.05) is 18.2 Å². The number of furan rings is 2. The fraction of sp³-hybridized carbons (Fsp3) is 0. The summed E-state index contributed by atoms with van der Waals surface area (Å²) in [6, 6.07) is 15.5. The van der Waals surface area contributed by atoms with Crippen molar-refractivity contribution in [1.82, 2.24) is 0 Å². The number of aldehydes is 1. The topological polar surface area (TPSA) is 92.7 Å². The lowest BCUT2D eigenvalue weighted by Crippen LogP contribution is -2.11. The van der Waals surface area contributed by atoms with Gasteiger partial charge >= 0.3 is 0 Å². The number of nitrogens with one attached hydrogen (secondary N) is 1. The van der Waals surface area contributed by atoms with Gasteiger partial charge < -0.3 is 19.3 Å². The number of para-hydroxylation sites is 1. The van der Waals surface area contributed by atoms with Crippen LogP contribution in [0.2, 0.25) is 0 Å². The predicted octanol–water partition coefficient (Wildman–Crippen LogP) is 5.68. The van der Waals surface area contributed by atoms with Crippen molar-refractivity contribution < 1.29 is 23.5 Å². The lowest BCUT2D eigenvalue weighted by Gasteiger charge is -2.02. The normalized spacial score (nSPS) is 11.2. The zero-order valence-electron chi connectivity index (χ0n) is 14.8. The third kappa shape index (κ3) is 2.97. The Bertz CT molecular complexity index is 1360. The highest BCUT2D eigenvalue weighted by atomic mass is 32.1. The van der Waals surface area contributed by atoms with E-state index in [0.717, 1.165) is 10.8 Å². The molecule has 0 radical (unpaired) electrons. The second-order valence-corrected chi connectivity index (χ2v) is 7.33. The Morgan fingerprint density at radius 2 is 1.83 bits per heavy atom. The van der Waals surface area contributed by atoms with Crippen molar-refractivity contribution in [2.75, 3.05) is 5.32 Å². The Labute approximate surface area is 168 Å². The minimum absolute atomic E-state index is 0.130. The zero-order chi connectivity index (χ0) is 20.0. The number of aromatic hydroxyl groups is 1. The summed E-state index contributed by atoms with van der Waals surface area (Å²) >= 11 is 1.28. The molecule has 0 bridgehead atoms. The molecule has 0 aliphatic heterocycles. The van der Waals surface area contributed by atoms with Crippen molar-refractivity contribution in [2.45, 2.75) is 0 Å². The summed E-state index contributed by atoms with van der Waals surface area (Å²) in [5.41, 5.74) is 1.91. The maximum atomic E-state index is 12.6. The van der Waals surface area contributed by atoms with E-state index in [2.05, 4.69) is 5.32 Å². The van der Waals surface area contributed by atoms with Gasteiger partial charge in [-0.05, 0) is 36.4 Å². The second kappa shape index (κ2) is 6.65. The smallest absolute Gasteiger partial charge is 0.291 e. The molecule has 2 aromatic carbocycles. The molecule has 2 N–H and O–H groups in total. The van der Waals surface area contributed by atoms with Crippen LogP contribution in [-0.2, 0) is 0 Å². The van der Waals surface area contributed by atoms with Gasteiger partial charge in [0.05, 0.1) is 16.1 Å². The maximum Gasteiger partial charge on any atom is 0.291 e. The average Bonchev–Trinajstić information content (AvgIpc) is 3.43. The fourth-order valence-corrected chi connectivity index (χ4v) is 4.12. The molecule has 142 valence electrons. The van der Waals surface area contributed by atoms with Gasteiger partial charge in [0, 0.05) is 16.2 Å². The van der Waals surface area contributed by atoms with Crippen LogP contribution in [0.15, 0.2) is 68.8 Å². The summed E-state index contributed by atoms with van der Waals surface area (Å²) in [4.78, 5) is 25.0. The highest BCUT2D eigenvalue weighted by Gasteiger charge is 2.20. The number of phenols is 1. The Hall–Kier alpha value is -3.84. The van der Waals surface area contributed by atoms with E-state index in [1.807, 2.05) is 18.2 Å². The molecule has 0 aliphatic rings. The first-order chi connectivity index (χ1) is 14.1. The van der Waals surface area contributed by atoms with Gasteiger partial charge in [0.2, 0.25) is 0 Å². The summed E-state index contributed by atoms with van der Waals surface area (Å²) in [6.45, 7) is 0. The first kappa shape index (κ1) is 17.3. The number of fused-ring (bicyclic) bond motifs is 2. The molecular weight excluding hydrogens is 390 g/mol. The number of thiophene rings is 1. The van der Waals surface area contributed by atoms with Crippen LogP contribution in [0, 0.1) is 0 Å². The van der Waals surface area contributed by atoms with Crippen molar-refractivity contribution in [3.8, 4) is 16.4 Å². The second-order valence-electron chi connectivity index (χ2n) is 6.45. The number of amides is 1. The zero-order valence-corrected chi connectivity index (χ0v) is 15.7. The lowest BCUT2D eigenvalue weighted by molar-refractivity contribution is 0.0998. The highest BCUT2D eigenvalue weighted by molar-refractivity contribution is 7.14. The van der Waals surface area contributed by atoms with Gasteiger partial charge in [0.1, 0.15) is 22.7 Å². The molecule has 29 heavy (non-hydrogen) atoms. The Morgan fingerprint density at radius 1 is 1.00 bits per heavy atom. The van der Waals surface area contributed by atoms with Crippen LogP contribution in [0.25, 0.3) is 32.6 Å². The molecule has 7 heteroatoms. The monoisotopic (exact) mass is 403 g/mol. The number of rotatable bonds is 4. The van der Waals surface area contributed by atoms with Gasteiger partial charge in [-0.15, -0.1) is 11.3 Å². The van der Waals surface area contributed by atoms with Crippen LogP contribution in [0.3, 0.4) is 0 Å². The van der Waals surface area contributed by atoms with Gasteiger partial charge in [-0.25, -0.2) is 0 Å². The number of phenolic OH excluding ortho intramolecular Hbond substituents is 1. The lowest BCUT2D eigenvalue weighted by atomic mass is 10.2. The summed E-state index contributed by atoms with van der Waals surface area (Å²) in [6.07, 6.45) is 0.685. The van der Waals surface area contributed by atoms with Crippen molar-refractivity contribution in [1.29, 1.82) is 0 Å². The van der Waals surface area contributed by atoms with Gasteiger partial charge in [-0.2, -0.15) is 0 Å². The van der Waals surface area contributed by atoms with Crippen molar-refractivity contribution in [3.63, 3.8) is 0 Å². The van der Waals surface area contributed by atoms with Crippen LogP contribution in [0.1, 0.15) is 20.9 Å². The van der Waals surface area contributed by atoms with Gasteiger partial charge in [-0.3, -0.25) is 9.59 Å². The number of hydrogen-bond acceptors (Lipinski definition) is 6. The molecule has 5 rings (SSSR count). The van der Waals surface area contributed by atoms with Crippen LogP contribution < -0.4 is 5.32 Å². The van der Waals surface area contributed by atoms with Crippen LogP contribution >= 0.6 is 11.3 Å². The largest absolute Gasteiger partial charge is 0.508 e. The van der Waals surface area contributed by atoms with Crippen molar-refractivity contribution in [2.24, 2.45) is 0 Å². The number of hydrogen-bond donors (Lipinski definition) is 2. The molecule has 0 saturated heterocycles. The molecule has 0 spiro atoms. The fourth-order valence-electron chi connectivity index (χ4n) is 3.19. The molecule has 3 aromatic heterocycles. The Morgan fingerprint density at radius 3 is 2.66 bits per heavy atom. The molecule has 6 nitrogen and oxygen atoms in total. The standard InChI is InChI=1S/C22H13NO5S/c24-10-15-16(23-22(26)20-8-12-3-1-2-4-17(12)28-20)11-29-21(15)19-9-13-7-14(25)5-6-18(13)27-19/h1-11,25H,(H,23,26). The molecule has 0 fully saturated rings. The molecule has 5 aromatic rings. The van der Waals surface area contributed by atoms with E-state index in [9.17, 15) is 14.7 Å². The van der Waals surface area contributed by atoms with Crippen LogP contribution in [0.5, 0.6) is 5.75 Å². The molecule has 0 aliphatic carbocycles. The number of carbonyl (C=O) groups is 2. The van der Waals surface area contributed by atoms with Gasteiger partial charge in [0.15, 0.2) is 12.0 Å². The van der Waals surface area contributed by atoms with Crippen LogP contribution in [-0.4, -0.2) is 17.3 Å². The molecule has 1 amide bonds. The average molecular weight is 403 g/mol. The first-order valence-corrected chi connectivity index (χ1v) is 9.60. The van der Waals surface area contributed by atoms with Crippen LogP contribution in [0.4, 0.5) is 5.69 Å². The van der Waals surface area contributed by atoms with Gasteiger partial charge in [0.25, 0.3) is 5.91 Å². The minimum Gasteiger partial charge on any atom is -0.508 e. The van der Waals surface area contributed by atoms with Crippen molar-refractivity contribution >= 4 is 51.2 Å². The molecule has 0 unspecified atom stereocenters. The molecule has 0 atom stereocenters. The van der Waals surface area contributed by atoms with E-state index >= 15 is 0 Å². The summed E-state index contributed by atoms with van der Waals surface area (Å²) in [5.74, 6) is 0.338. The van der Waals surface area contributed by atoms with E-state index in [-0.39, 0.29) is 11.5 Å². The van der Waals surface area contributed by atoms with E-state index in [0.29, 0.717) is 39.3 Å². The van der Waals surface area contributed by atoms with E-state index in [1.54, 1.807) is 35.7 Å². The summed E-state index contributed by atoms with van der Waals surface area (Å²) < 4.78 is 11.4. The summed E-state index contributed by atoms with van der Waals surface area (Å²) in [7, 11) is 0. The quantitative estimate of drug-likeness (QED) is 0.377. The number of benzene rings is 2. The minimum atomic E-state index is -0.442. The Balaban J connectivity index is 1.48. The third-order valence-corrected chi connectivity index (χ3v) is 5.58. The predicted molar refractivity (Wildman–Crippen MR) is 111 cm³/mol. The molecular formula is C22H13NO5S. The molecule has 3 heterocycles. The van der Waals surface area contributed by atoms with E-state index in [1.165, 1.54) is 17.4 Å². The number of anilines is 1. The van der Waals surface area contributed by atoms with Crippen molar-refractivity contribution in [3.05, 3.63) is 71.3 Å². The number of carbonyl (C=O) groups excluding carboxylic acids is 2. The van der Waals surface area contributed by atoms with E-state index in [4.69, 9.17) is 8.83 Å². The highest BCUT2D eigenvalue weighted by Crippen LogP contribution is 2.38. The SMILES string of the molecule is O=Cc1c(NC(=O)c2cc3ccccc3o2)csc1-c1cc2cc(O)ccc2o1. The third-order valence-electron chi connectivity index (χ3n) is 4.57.